The maximum absolute atomic E-state index is 12.5. The van der Waals surface area contributed by atoms with Gasteiger partial charge in [0.2, 0.25) is 0 Å². The Kier molecular flexibility index (Phi) is 7.00. The molecule has 0 saturated heterocycles. The van der Waals surface area contributed by atoms with Crippen molar-refractivity contribution in [3.63, 3.8) is 0 Å². The molecule has 2 amide bonds. The fourth-order valence-corrected chi connectivity index (χ4v) is 3.08. The highest BCUT2D eigenvalue weighted by molar-refractivity contribution is 6.35. The summed E-state index contributed by atoms with van der Waals surface area (Å²) in [7, 11) is 4.88. The molecule has 2 aromatic rings. The van der Waals surface area contributed by atoms with Crippen LogP contribution in [0.15, 0.2) is 36.4 Å². The number of hydrogen-bond acceptors (Lipinski definition) is 3. The van der Waals surface area contributed by atoms with Gasteiger partial charge in [-0.1, -0.05) is 35.3 Å². The molecule has 0 aromatic heterocycles. The van der Waals surface area contributed by atoms with Gasteiger partial charge in [-0.15, -0.1) is 0 Å². The summed E-state index contributed by atoms with van der Waals surface area (Å²) < 4.78 is 10.5. The van der Waals surface area contributed by atoms with Crippen LogP contribution in [0.5, 0.6) is 11.5 Å². The number of carbonyl (C=O) groups excluding carboxylic acids is 1. The van der Waals surface area contributed by atoms with Crippen LogP contribution >= 0.6 is 23.2 Å². The molecular formula is C19H22Cl2N2O3. The Bertz CT molecular complexity index is 783. The van der Waals surface area contributed by atoms with Gasteiger partial charge in [0.05, 0.1) is 20.3 Å². The minimum absolute atomic E-state index is 0.204. The highest BCUT2D eigenvalue weighted by Gasteiger charge is 2.19. The summed E-state index contributed by atoms with van der Waals surface area (Å²) >= 11 is 12.2. The van der Waals surface area contributed by atoms with Crippen LogP contribution in [-0.4, -0.2) is 32.2 Å². The molecule has 2 aromatic carbocycles. The number of methoxy groups -OCH3 is 2. The van der Waals surface area contributed by atoms with Gasteiger partial charge in [-0.05, 0) is 42.3 Å². The Morgan fingerprint density at radius 3 is 2.42 bits per heavy atom. The number of rotatable bonds is 6. The van der Waals surface area contributed by atoms with Crippen LogP contribution in [0.3, 0.4) is 0 Å². The van der Waals surface area contributed by atoms with E-state index in [1.54, 1.807) is 44.4 Å². The van der Waals surface area contributed by atoms with E-state index < -0.39 is 0 Å². The van der Waals surface area contributed by atoms with Gasteiger partial charge in [0, 0.05) is 23.6 Å². The van der Waals surface area contributed by atoms with Gasteiger partial charge in [0.25, 0.3) is 0 Å². The minimum Gasteiger partial charge on any atom is -0.493 e. The topological polar surface area (TPSA) is 50.8 Å². The number of carbonyl (C=O) groups is 1. The first-order valence-corrected chi connectivity index (χ1v) is 8.79. The van der Waals surface area contributed by atoms with Crippen LogP contribution in [0.2, 0.25) is 10.0 Å². The molecule has 0 spiro atoms. The number of nitrogens with zero attached hydrogens (tertiary/aromatic N) is 1. The zero-order valence-electron chi connectivity index (χ0n) is 15.2. The number of hydrogen-bond donors (Lipinski definition) is 1. The van der Waals surface area contributed by atoms with Gasteiger partial charge in [-0.2, -0.15) is 0 Å². The molecule has 1 unspecified atom stereocenters. The van der Waals surface area contributed by atoms with Gasteiger partial charge < -0.3 is 19.7 Å². The molecule has 0 aliphatic carbocycles. The molecule has 7 heteroatoms. The zero-order valence-corrected chi connectivity index (χ0v) is 16.7. The number of ether oxygens (including phenoxy) is 2. The first-order chi connectivity index (χ1) is 12.4. The average molecular weight is 397 g/mol. The highest BCUT2D eigenvalue weighted by Crippen LogP contribution is 2.29. The van der Waals surface area contributed by atoms with Crippen molar-refractivity contribution in [2.24, 2.45) is 0 Å². The van der Waals surface area contributed by atoms with E-state index in [0.717, 1.165) is 11.1 Å². The molecular weight excluding hydrogens is 375 g/mol. The Balaban J connectivity index is 2.02. The van der Waals surface area contributed by atoms with E-state index in [-0.39, 0.29) is 12.1 Å². The lowest BCUT2D eigenvalue weighted by atomic mass is 10.1. The number of halogens is 2. The lowest BCUT2D eigenvalue weighted by Crippen LogP contribution is -2.38. The quantitative estimate of drug-likeness (QED) is 0.753. The Labute approximate surface area is 163 Å². The summed E-state index contributed by atoms with van der Waals surface area (Å²) in [5.41, 5.74) is 1.74. The van der Waals surface area contributed by atoms with E-state index in [2.05, 4.69) is 5.32 Å². The molecule has 0 radical (unpaired) electrons. The first kappa shape index (κ1) is 20.2. The standard InChI is InChI=1S/C19H22Cl2N2O3/c1-12(15-7-6-14(20)10-16(15)21)23(2)19(24)22-11-13-5-8-17(25-3)18(9-13)26-4/h5-10,12H,11H2,1-4H3,(H,22,24). The summed E-state index contributed by atoms with van der Waals surface area (Å²) in [6.45, 7) is 2.27. The summed E-state index contributed by atoms with van der Waals surface area (Å²) in [4.78, 5) is 14.1. The summed E-state index contributed by atoms with van der Waals surface area (Å²) in [6.07, 6.45) is 0. The molecule has 140 valence electrons. The Morgan fingerprint density at radius 1 is 1.12 bits per heavy atom. The molecule has 1 N–H and O–H groups in total. The number of benzene rings is 2. The fourth-order valence-electron chi connectivity index (χ4n) is 2.52. The molecule has 26 heavy (non-hydrogen) atoms. The van der Waals surface area contributed by atoms with Gasteiger partial charge in [-0.25, -0.2) is 4.79 Å². The Morgan fingerprint density at radius 2 is 1.81 bits per heavy atom. The maximum atomic E-state index is 12.5. The van der Waals surface area contributed by atoms with Crippen LogP contribution in [0.1, 0.15) is 24.1 Å². The normalized spacial score (nSPS) is 11.6. The highest BCUT2D eigenvalue weighted by atomic mass is 35.5. The molecule has 1 atom stereocenters. The van der Waals surface area contributed by atoms with Crippen LogP contribution in [-0.2, 0) is 6.54 Å². The van der Waals surface area contributed by atoms with Crippen molar-refractivity contribution in [2.75, 3.05) is 21.3 Å². The van der Waals surface area contributed by atoms with Gasteiger partial charge in [0.1, 0.15) is 0 Å². The second kappa shape index (κ2) is 9.01. The monoisotopic (exact) mass is 396 g/mol. The van der Waals surface area contributed by atoms with Crippen molar-refractivity contribution in [2.45, 2.75) is 19.5 Å². The SMILES string of the molecule is COc1ccc(CNC(=O)N(C)C(C)c2ccc(Cl)cc2Cl)cc1OC. The number of nitrogens with one attached hydrogen (secondary N) is 1. The number of urea groups is 1. The summed E-state index contributed by atoms with van der Waals surface area (Å²) in [5.74, 6) is 1.26. The Hall–Kier alpha value is -2.11. The molecule has 5 nitrogen and oxygen atoms in total. The molecule has 0 saturated carbocycles. The van der Waals surface area contributed by atoms with E-state index in [9.17, 15) is 4.79 Å². The minimum atomic E-state index is -0.210. The number of amides is 2. The van der Waals surface area contributed by atoms with Crippen molar-refractivity contribution in [1.82, 2.24) is 10.2 Å². The van der Waals surface area contributed by atoms with E-state index >= 15 is 0 Å². The van der Waals surface area contributed by atoms with Gasteiger partial charge in [0.15, 0.2) is 11.5 Å². The van der Waals surface area contributed by atoms with Crippen LogP contribution < -0.4 is 14.8 Å². The smallest absolute Gasteiger partial charge is 0.317 e. The average Bonchev–Trinajstić information content (AvgIpc) is 2.64. The van der Waals surface area contributed by atoms with E-state index in [1.807, 2.05) is 25.1 Å². The molecule has 0 fully saturated rings. The van der Waals surface area contributed by atoms with Crippen molar-refractivity contribution in [3.8, 4) is 11.5 Å². The van der Waals surface area contributed by atoms with Crippen LogP contribution in [0, 0.1) is 0 Å². The van der Waals surface area contributed by atoms with Crippen molar-refractivity contribution >= 4 is 29.2 Å². The molecule has 0 heterocycles. The first-order valence-electron chi connectivity index (χ1n) is 8.04. The van der Waals surface area contributed by atoms with Crippen molar-refractivity contribution in [3.05, 3.63) is 57.6 Å². The van der Waals surface area contributed by atoms with Gasteiger partial charge in [-0.3, -0.25) is 0 Å². The second-order valence-electron chi connectivity index (χ2n) is 5.80. The second-order valence-corrected chi connectivity index (χ2v) is 6.64. The summed E-state index contributed by atoms with van der Waals surface area (Å²) in [5, 5.41) is 3.98. The van der Waals surface area contributed by atoms with Gasteiger partial charge >= 0.3 is 6.03 Å². The molecule has 0 bridgehead atoms. The van der Waals surface area contributed by atoms with E-state index in [0.29, 0.717) is 28.1 Å². The lowest BCUT2D eigenvalue weighted by molar-refractivity contribution is 0.194. The third-order valence-corrected chi connectivity index (χ3v) is 4.77. The largest absolute Gasteiger partial charge is 0.493 e. The predicted octanol–water partition coefficient (Wildman–Crippen LogP) is 4.91. The predicted molar refractivity (Wildman–Crippen MR) is 104 cm³/mol. The third-order valence-electron chi connectivity index (χ3n) is 4.21. The van der Waals surface area contributed by atoms with Crippen LogP contribution in [0.4, 0.5) is 4.79 Å². The molecule has 2 rings (SSSR count). The van der Waals surface area contributed by atoms with Crippen molar-refractivity contribution in [1.29, 1.82) is 0 Å². The lowest BCUT2D eigenvalue weighted by Gasteiger charge is -2.26. The summed E-state index contributed by atoms with van der Waals surface area (Å²) in [6, 6.07) is 10.4. The molecule has 0 aliphatic rings. The fraction of sp³-hybridized carbons (Fsp3) is 0.316. The third kappa shape index (κ3) is 4.74. The van der Waals surface area contributed by atoms with Crippen molar-refractivity contribution < 1.29 is 14.3 Å². The molecule has 0 aliphatic heterocycles. The zero-order chi connectivity index (χ0) is 19.3. The van der Waals surface area contributed by atoms with Crippen LogP contribution in [0.25, 0.3) is 0 Å². The van der Waals surface area contributed by atoms with E-state index in [4.69, 9.17) is 32.7 Å². The maximum Gasteiger partial charge on any atom is 0.317 e. The van der Waals surface area contributed by atoms with E-state index in [1.165, 1.54) is 0 Å².